The molecular formula is C17H24N2O4S. The van der Waals surface area contributed by atoms with Crippen LogP contribution in [0.4, 0.5) is 0 Å². The molecule has 6 nitrogen and oxygen atoms in total. The molecule has 1 aromatic rings. The van der Waals surface area contributed by atoms with E-state index < -0.39 is 10.0 Å². The largest absolute Gasteiger partial charge is 0.495 e. The summed E-state index contributed by atoms with van der Waals surface area (Å²) in [6.07, 6.45) is 4.19. The minimum absolute atomic E-state index is 0.141. The molecule has 1 saturated heterocycles. The van der Waals surface area contributed by atoms with Crippen molar-refractivity contribution >= 4 is 15.9 Å². The normalized spacial score (nSPS) is 20.3. The van der Waals surface area contributed by atoms with Gasteiger partial charge in [0.25, 0.3) is 0 Å². The van der Waals surface area contributed by atoms with Crippen LogP contribution in [0, 0.1) is 5.92 Å². The third kappa shape index (κ3) is 3.28. The van der Waals surface area contributed by atoms with E-state index in [1.165, 1.54) is 11.4 Å². The van der Waals surface area contributed by atoms with Crippen LogP contribution in [0.1, 0.15) is 25.7 Å². The zero-order valence-electron chi connectivity index (χ0n) is 14.0. The summed E-state index contributed by atoms with van der Waals surface area (Å²) in [5.74, 6) is 0.686. The average Bonchev–Trinajstić information content (AvgIpc) is 3.15. The van der Waals surface area contributed by atoms with Gasteiger partial charge in [-0.2, -0.15) is 4.31 Å². The van der Waals surface area contributed by atoms with Gasteiger partial charge in [-0.3, -0.25) is 4.79 Å². The summed E-state index contributed by atoms with van der Waals surface area (Å²) in [5, 5.41) is 0. The highest BCUT2D eigenvalue weighted by Crippen LogP contribution is 2.29. The molecule has 1 aliphatic carbocycles. The highest BCUT2D eigenvalue weighted by Gasteiger charge is 2.34. The third-order valence-electron chi connectivity index (χ3n) is 4.94. The lowest BCUT2D eigenvalue weighted by Crippen LogP contribution is -2.51. The van der Waals surface area contributed by atoms with Gasteiger partial charge in [-0.05, 0) is 25.0 Å². The molecule has 0 radical (unpaired) electrons. The van der Waals surface area contributed by atoms with Crippen molar-refractivity contribution in [2.45, 2.75) is 30.6 Å². The van der Waals surface area contributed by atoms with E-state index in [1.54, 1.807) is 24.3 Å². The maximum Gasteiger partial charge on any atom is 0.246 e. The molecule has 1 aromatic carbocycles. The first-order valence-corrected chi connectivity index (χ1v) is 9.90. The average molecular weight is 352 g/mol. The number of hydrogen-bond donors (Lipinski definition) is 0. The topological polar surface area (TPSA) is 66.9 Å². The van der Waals surface area contributed by atoms with Crippen molar-refractivity contribution < 1.29 is 17.9 Å². The lowest BCUT2D eigenvalue weighted by atomic mass is 10.1. The van der Waals surface area contributed by atoms with E-state index in [2.05, 4.69) is 0 Å². The minimum atomic E-state index is -3.60. The fourth-order valence-corrected chi connectivity index (χ4v) is 5.13. The van der Waals surface area contributed by atoms with Crippen molar-refractivity contribution in [2.24, 2.45) is 5.92 Å². The van der Waals surface area contributed by atoms with Crippen LogP contribution in [0.15, 0.2) is 29.2 Å². The number of carbonyl (C=O) groups excluding carboxylic acids is 1. The Morgan fingerprint density at radius 3 is 2.33 bits per heavy atom. The smallest absolute Gasteiger partial charge is 0.246 e. The van der Waals surface area contributed by atoms with Crippen LogP contribution in [0.2, 0.25) is 0 Å². The standard InChI is InChI=1S/C17H24N2O4S/c1-23-15-8-4-5-9-16(15)24(21,22)19-12-10-18(11-13-19)17(20)14-6-2-3-7-14/h4-5,8-9,14H,2-3,6-7,10-13H2,1H3. The van der Waals surface area contributed by atoms with Crippen molar-refractivity contribution in [3.63, 3.8) is 0 Å². The zero-order chi connectivity index (χ0) is 17.2. The maximum atomic E-state index is 12.8. The molecular weight excluding hydrogens is 328 g/mol. The van der Waals surface area contributed by atoms with Crippen LogP contribution in [0.25, 0.3) is 0 Å². The molecule has 0 spiro atoms. The van der Waals surface area contributed by atoms with Crippen molar-refractivity contribution in [1.82, 2.24) is 9.21 Å². The summed E-state index contributed by atoms with van der Waals surface area (Å²) in [6, 6.07) is 6.64. The van der Waals surface area contributed by atoms with E-state index >= 15 is 0 Å². The maximum absolute atomic E-state index is 12.8. The van der Waals surface area contributed by atoms with Gasteiger partial charge in [-0.15, -0.1) is 0 Å². The molecule has 0 atom stereocenters. The third-order valence-corrected chi connectivity index (χ3v) is 6.88. The van der Waals surface area contributed by atoms with Crippen molar-refractivity contribution in [1.29, 1.82) is 0 Å². The number of ether oxygens (including phenoxy) is 1. The van der Waals surface area contributed by atoms with Crippen molar-refractivity contribution in [3.05, 3.63) is 24.3 Å². The van der Waals surface area contributed by atoms with Gasteiger partial charge in [-0.25, -0.2) is 8.42 Å². The summed E-state index contributed by atoms with van der Waals surface area (Å²) in [5.41, 5.74) is 0. The molecule has 132 valence electrons. The highest BCUT2D eigenvalue weighted by atomic mass is 32.2. The number of benzene rings is 1. The van der Waals surface area contributed by atoms with E-state index in [-0.39, 0.29) is 16.7 Å². The predicted octanol–water partition coefficient (Wildman–Crippen LogP) is 1.72. The monoisotopic (exact) mass is 352 g/mol. The first-order valence-electron chi connectivity index (χ1n) is 8.46. The fourth-order valence-electron chi connectivity index (χ4n) is 3.55. The summed E-state index contributed by atoms with van der Waals surface area (Å²) in [6.45, 7) is 1.59. The predicted molar refractivity (Wildman–Crippen MR) is 90.3 cm³/mol. The van der Waals surface area contributed by atoms with Crippen LogP contribution >= 0.6 is 0 Å². The molecule has 3 rings (SSSR count). The van der Waals surface area contributed by atoms with Crippen LogP contribution < -0.4 is 4.74 Å². The molecule has 24 heavy (non-hydrogen) atoms. The molecule has 0 bridgehead atoms. The van der Waals surface area contributed by atoms with Gasteiger partial charge in [-0.1, -0.05) is 25.0 Å². The Bertz CT molecular complexity index is 690. The van der Waals surface area contributed by atoms with E-state index in [1.807, 2.05) is 4.90 Å². The second-order valence-corrected chi connectivity index (χ2v) is 8.27. The Balaban J connectivity index is 1.68. The molecule has 0 unspecified atom stereocenters. The Labute approximate surface area is 143 Å². The number of nitrogens with zero attached hydrogens (tertiary/aromatic N) is 2. The number of methoxy groups -OCH3 is 1. The number of rotatable bonds is 4. The summed E-state index contributed by atoms with van der Waals surface area (Å²) >= 11 is 0. The molecule has 0 aromatic heterocycles. The van der Waals surface area contributed by atoms with Gasteiger partial charge in [0.05, 0.1) is 7.11 Å². The van der Waals surface area contributed by atoms with Gasteiger partial charge in [0.1, 0.15) is 10.6 Å². The summed E-state index contributed by atoms with van der Waals surface area (Å²) in [7, 11) is -2.14. The van der Waals surface area contributed by atoms with Crippen LogP contribution in [0.5, 0.6) is 5.75 Å². The van der Waals surface area contributed by atoms with Gasteiger partial charge in [0.15, 0.2) is 0 Å². The quantitative estimate of drug-likeness (QED) is 0.827. The number of hydrogen-bond acceptors (Lipinski definition) is 4. The first kappa shape index (κ1) is 17.2. The number of amides is 1. The van der Waals surface area contributed by atoms with E-state index in [4.69, 9.17) is 4.74 Å². The van der Waals surface area contributed by atoms with Crippen molar-refractivity contribution in [3.8, 4) is 5.75 Å². The van der Waals surface area contributed by atoms with Crippen LogP contribution in [-0.4, -0.2) is 56.8 Å². The molecule has 2 aliphatic rings. The minimum Gasteiger partial charge on any atom is -0.495 e. The number of piperazine rings is 1. The number of carbonyl (C=O) groups is 1. The van der Waals surface area contributed by atoms with Gasteiger partial charge < -0.3 is 9.64 Å². The Morgan fingerprint density at radius 2 is 1.71 bits per heavy atom. The Morgan fingerprint density at radius 1 is 1.08 bits per heavy atom. The fraction of sp³-hybridized carbons (Fsp3) is 0.588. The van der Waals surface area contributed by atoms with Crippen LogP contribution in [0.3, 0.4) is 0 Å². The number of para-hydroxylation sites is 1. The molecule has 1 heterocycles. The number of sulfonamides is 1. The molecule has 1 aliphatic heterocycles. The van der Waals surface area contributed by atoms with E-state index in [0.717, 1.165) is 25.7 Å². The molecule has 1 amide bonds. The van der Waals surface area contributed by atoms with Gasteiger partial charge >= 0.3 is 0 Å². The second-order valence-electron chi connectivity index (χ2n) is 6.36. The summed E-state index contributed by atoms with van der Waals surface area (Å²) in [4.78, 5) is 14.5. The first-order chi connectivity index (χ1) is 11.5. The second kappa shape index (κ2) is 7.11. The highest BCUT2D eigenvalue weighted by molar-refractivity contribution is 7.89. The molecule has 7 heteroatoms. The molecule has 1 saturated carbocycles. The van der Waals surface area contributed by atoms with E-state index in [0.29, 0.717) is 31.9 Å². The van der Waals surface area contributed by atoms with Gasteiger partial charge in [0.2, 0.25) is 15.9 Å². The van der Waals surface area contributed by atoms with E-state index in [9.17, 15) is 13.2 Å². The van der Waals surface area contributed by atoms with Crippen LogP contribution in [-0.2, 0) is 14.8 Å². The lowest BCUT2D eigenvalue weighted by molar-refractivity contribution is -0.136. The van der Waals surface area contributed by atoms with Gasteiger partial charge in [0, 0.05) is 32.1 Å². The zero-order valence-corrected chi connectivity index (χ0v) is 14.8. The Hall–Kier alpha value is -1.60. The Kier molecular flexibility index (Phi) is 5.10. The SMILES string of the molecule is COc1ccccc1S(=O)(=O)N1CCN(C(=O)C2CCCC2)CC1. The molecule has 0 N–H and O–H groups in total. The van der Waals surface area contributed by atoms with Crippen molar-refractivity contribution in [2.75, 3.05) is 33.3 Å². The molecule has 2 fully saturated rings. The summed E-state index contributed by atoms with van der Waals surface area (Å²) < 4.78 is 32.3. The lowest BCUT2D eigenvalue weighted by Gasteiger charge is -2.35.